The SMILES string of the molecule is Cc1ccncc1.O=C(O)C(F)(F)F. The number of hydrogen-bond donors (Lipinski definition) is 1. The van der Waals surface area contributed by atoms with Gasteiger partial charge in [0.2, 0.25) is 0 Å². The maximum atomic E-state index is 10.6. The van der Waals surface area contributed by atoms with Crippen LogP contribution in [-0.2, 0) is 4.79 Å². The minimum atomic E-state index is -5.08. The van der Waals surface area contributed by atoms with Gasteiger partial charge in [0, 0.05) is 12.4 Å². The lowest BCUT2D eigenvalue weighted by molar-refractivity contribution is -0.192. The van der Waals surface area contributed by atoms with Crippen LogP contribution in [0.1, 0.15) is 5.56 Å². The molecule has 0 saturated heterocycles. The Morgan fingerprint density at radius 1 is 1.36 bits per heavy atom. The van der Waals surface area contributed by atoms with Crippen molar-refractivity contribution in [2.75, 3.05) is 0 Å². The van der Waals surface area contributed by atoms with E-state index >= 15 is 0 Å². The monoisotopic (exact) mass is 207 g/mol. The molecule has 0 aliphatic carbocycles. The standard InChI is InChI=1S/C6H7N.C2HF3O2/c1-6-2-4-7-5-3-6;3-2(4,5)1(6)7/h2-5H,1H3;(H,6,7). The number of nitrogens with zero attached hydrogens (tertiary/aromatic N) is 1. The van der Waals surface area contributed by atoms with Crippen molar-refractivity contribution in [3.8, 4) is 0 Å². The zero-order chi connectivity index (χ0) is 11.2. The van der Waals surface area contributed by atoms with Gasteiger partial charge in [0.15, 0.2) is 0 Å². The first kappa shape index (κ1) is 12.4. The Morgan fingerprint density at radius 3 is 1.86 bits per heavy atom. The molecule has 0 radical (unpaired) electrons. The van der Waals surface area contributed by atoms with E-state index in [0.29, 0.717) is 0 Å². The summed E-state index contributed by atoms with van der Waals surface area (Å²) >= 11 is 0. The van der Waals surface area contributed by atoms with Crippen LogP contribution in [0.5, 0.6) is 0 Å². The van der Waals surface area contributed by atoms with Crippen LogP contribution >= 0.6 is 0 Å². The van der Waals surface area contributed by atoms with E-state index in [9.17, 15) is 13.2 Å². The molecule has 0 aliphatic rings. The number of carboxylic acids is 1. The molecule has 0 saturated carbocycles. The fourth-order valence-electron chi connectivity index (χ4n) is 0.426. The predicted octanol–water partition coefficient (Wildman–Crippen LogP) is 2.02. The van der Waals surface area contributed by atoms with Crippen molar-refractivity contribution in [2.45, 2.75) is 13.1 Å². The molecule has 0 spiro atoms. The van der Waals surface area contributed by atoms with Gasteiger partial charge in [-0.25, -0.2) is 4.79 Å². The fraction of sp³-hybridized carbons (Fsp3) is 0.250. The second-order valence-corrected chi connectivity index (χ2v) is 2.33. The number of halogens is 3. The zero-order valence-electron chi connectivity index (χ0n) is 7.25. The molecule has 0 atom stereocenters. The third kappa shape index (κ3) is 5.99. The molecule has 0 amide bonds. The van der Waals surface area contributed by atoms with E-state index in [1.165, 1.54) is 5.56 Å². The van der Waals surface area contributed by atoms with Crippen molar-refractivity contribution in [1.82, 2.24) is 4.98 Å². The summed E-state index contributed by atoms with van der Waals surface area (Å²) in [7, 11) is 0. The minimum absolute atomic E-state index is 1.26. The summed E-state index contributed by atoms with van der Waals surface area (Å²) in [6, 6.07) is 3.94. The van der Waals surface area contributed by atoms with E-state index < -0.39 is 12.1 Å². The van der Waals surface area contributed by atoms with Gasteiger partial charge in [0.1, 0.15) is 0 Å². The number of carboxylic acid groups (broad SMARTS) is 1. The van der Waals surface area contributed by atoms with Crippen LogP contribution in [0.4, 0.5) is 13.2 Å². The molecule has 0 aliphatic heterocycles. The van der Waals surface area contributed by atoms with Gasteiger partial charge in [-0.1, -0.05) is 0 Å². The molecule has 78 valence electrons. The van der Waals surface area contributed by atoms with E-state index in [-0.39, 0.29) is 0 Å². The first-order chi connectivity index (χ1) is 6.34. The lowest BCUT2D eigenvalue weighted by Gasteiger charge is -1.93. The summed E-state index contributed by atoms with van der Waals surface area (Å²) in [5, 5.41) is 7.12. The summed E-state index contributed by atoms with van der Waals surface area (Å²) in [6.45, 7) is 2.04. The number of aromatic nitrogens is 1. The zero-order valence-corrected chi connectivity index (χ0v) is 7.25. The van der Waals surface area contributed by atoms with Crippen LogP contribution < -0.4 is 0 Å². The van der Waals surface area contributed by atoms with Gasteiger partial charge < -0.3 is 5.11 Å². The quantitative estimate of drug-likeness (QED) is 0.708. The summed E-state index contributed by atoms with van der Waals surface area (Å²) in [6.07, 6.45) is -1.51. The molecule has 0 bridgehead atoms. The predicted molar refractivity (Wildman–Crippen MR) is 42.7 cm³/mol. The van der Waals surface area contributed by atoms with E-state index in [0.717, 1.165) is 0 Å². The van der Waals surface area contributed by atoms with Crippen LogP contribution in [0.2, 0.25) is 0 Å². The lowest BCUT2D eigenvalue weighted by atomic mass is 10.3. The Hall–Kier alpha value is -1.59. The van der Waals surface area contributed by atoms with E-state index in [1.54, 1.807) is 12.4 Å². The topological polar surface area (TPSA) is 50.2 Å². The summed E-state index contributed by atoms with van der Waals surface area (Å²) in [5.41, 5.74) is 1.26. The van der Waals surface area contributed by atoms with Gasteiger partial charge in [-0.2, -0.15) is 13.2 Å². The van der Waals surface area contributed by atoms with Gasteiger partial charge in [-0.3, -0.25) is 4.98 Å². The first-order valence-electron chi connectivity index (χ1n) is 3.51. The number of alkyl halides is 3. The summed E-state index contributed by atoms with van der Waals surface area (Å²) in [5.74, 6) is -2.76. The van der Waals surface area contributed by atoms with Crippen LogP contribution in [0.3, 0.4) is 0 Å². The maximum absolute atomic E-state index is 10.6. The fourth-order valence-corrected chi connectivity index (χ4v) is 0.426. The number of pyridine rings is 1. The molecule has 3 nitrogen and oxygen atoms in total. The second kappa shape index (κ2) is 5.21. The molecular weight excluding hydrogens is 199 g/mol. The highest BCUT2D eigenvalue weighted by molar-refractivity contribution is 5.73. The maximum Gasteiger partial charge on any atom is 0.490 e. The Balaban J connectivity index is 0.000000241. The minimum Gasteiger partial charge on any atom is -0.475 e. The Labute approximate surface area is 78.2 Å². The highest BCUT2D eigenvalue weighted by Crippen LogP contribution is 2.13. The molecule has 1 aromatic heterocycles. The van der Waals surface area contributed by atoms with Crippen LogP contribution in [0.25, 0.3) is 0 Å². The Bertz CT molecular complexity index is 284. The molecular formula is C8H8F3NO2. The third-order valence-electron chi connectivity index (χ3n) is 1.09. The van der Waals surface area contributed by atoms with E-state index in [4.69, 9.17) is 9.90 Å². The summed E-state index contributed by atoms with van der Waals surface area (Å²) < 4.78 is 31.7. The molecule has 6 heteroatoms. The number of carbonyl (C=O) groups is 1. The highest BCUT2D eigenvalue weighted by atomic mass is 19.4. The van der Waals surface area contributed by atoms with Gasteiger partial charge >= 0.3 is 12.1 Å². The van der Waals surface area contributed by atoms with Crippen LogP contribution in [0.15, 0.2) is 24.5 Å². The van der Waals surface area contributed by atoms with E-state index in [2.05, 4.69) is 4.98 Å². The lowest BCUT2D eigenvalue weighted by Crippen LogP contribution is -2.21. The highest BCUT2D eigenvalue weighted by Gasteiger charge is 2.38. The van der Waals surface area contributed by atoms with E-state index in [1.807, 2.05) is 19.1 Å². The van der Waals surface area contributed by atoms with Crippen LogP contribution in [-0.4, -0.2) is 22.2 Å². The second-order valence-electron chi connectivity index (χ2n) is 2.33. The third-order valence-corrected chi connectivity index (χ3v) is 1.09. The molecule has 1 heterocycles. The Kier molecular flexibility index (Phi) is 4.62. The van der Waals surface area contributed by atoms with Gasteiger partial charge in [0.25, 0.3) is 0 Å². The number of hydrogen-bond acceptors (Lipinski definition) is 2. The van der Waals surface area contributed by atoms with Crippen molar-refractivity contribution in [1.29, 1.82) is 0 Å². The van der Waals surface area contributed by atoms with Crippen LogP contribution in [0, 0.1) is 6.92 Å². The molecule has 0 fully saturated rings. The first-order valence-corrected chi connectivity index (χ1v) is 3.51. The average Bonchev–Trinajstić information content (AvgIpc) is 2.04. The largest absolute Gasteiger partial charge is 0.490 e. The molecule has 14 heavy (non-hydrogen) atoms. The molecule has 0 aromatic carbocycles. The molecule has 1 aromatic rings. The molecule has 1 rings (SSSR count). The summed E-state index contributed by atoms with van der Waals surface area (Å²) in [4.78, 5) is 12.7. The number of aryl methyl sites for hydroxylation is 1. The van der Waals surface area contributed by atoms with Crippen molar-refractivity contribution in [3.63, 3.8) is 0 Å². The van der Waals surface area contributed by atoms with Gasteiger partial charge in [-0.05, 0) is 24.6 Å². The molecule has 1 N–H and O–H groups in total. The van der Waals surface area contributed by atoms with Crippen molar-refractivity contribution in [2.24, 2.45) is 0 Å². The normalized spacial score (nSPS) is 10.0. The van der Waals surface area contributed by atoms with Gasteiger partial charge in [-0.15, -0.1) is 0 Å². The number of rotatable bonds is 0. The molecule has 0 unspecified atom stereocenters. The Morgan fingerprint density at radius 2 is 1.71 bits per heavy atom. The van der Waals surface area contributed by atoms with Crippen molar-refractivity contribution < 1.29 is 23.1 Å². The average molecular weight is 207 g/mol. The smallest absolute Gasteiger partial charge is 0.475 e. The van der Waals surface area contributed by atoms with Crippen molar-refractivity contribution in [3.05, 3.63) is 30.1 Å². The van der Waals surface area contributed by atoms with Crippen molar-refractivity contribution >= 4 is 5.97 Å². The van der Waals surface area contributed by atoms with Gasteiger partial charge in [0.05, 0.1) is 0 Å². The number of aliphatic carboxylic acids is 1.